The van der Waals surface area contributed by atoms with Gasteiger partial charge in [0.25, 0.3) is 7.41 Å². The molecule has 0 heterocycles. The van der Waals surface area contributed by atoms with Crippen LogP contribution < -0.4 is 5.23 Å². The van der Waals surface area contributed by atoms with Crippen LogP contribution in [-0.2, 0) is 19.1 Å². The van der Waals surface area contributed by atoms with Crippen molar-refractivity contribution in [3.8, 4) is 0 Å². The second-order valence-electron chi connectivity index (χ2n) is 4.42. The van der Waals surface area contributed by atoms with Gasteiger partial charge < -0.3 is 14.8 Å². The standard InChI is InChI=1S/C10H17BNO4/c1-7(14)8(12-11-6-13)5-9(15)16-10(2,3)4/h6,8,12H,5H2,1-4H3/t8-/m1/s1. The molecule has 0 bridgehead atoms. The van der Waals surface area contributed by atoms with Gasteiger partial charge in [0.05, 0.1) is 18.6 Å². The van der Waals surface area contributed by atoms with Gasteiger partial charge in [0.1, 0.15) is 11.4 Å². The number of hydrogen-bond donors (Lipinski definition) is 1. The third-order valence-corrected chi connectivity index (χ3v) is 1.65. The van der Waals surface area contributed by atoms with Crippen LogP contribution in [0.25, 0.3) is 0 Å². The van der Waals surface area contributed by atoms with Crippen LogP contribution in [0.3, 0.4) is 0 Å². The number of ketones is 1. The SMILES string of the molecule is CC(=O)[C@@H](CC(=O)OC(C)(C)C)N[B]C=O. The largest absolute Gasteiger partial charge is 0.460 e. The van der Waals surface area contributed by atoms with Crippen molar-refractivity contribution in [2.45, 2.75) is 45.8 Å². The zero-order valence-corrected chi connectivity index (χ0v) is 10.1. The first kappa shape index (κ1) is 14.8. The first-order valence-corrected chi connectivity index (χ1v) is 5.01. The Bertz CT molecular complexity index is 272. The van der Waals surface area contributed by atoms with Gasteiger partial charge >= 0.3 is 5.97 Å². The lowest BCUT2D eigenvalue weighted by molar-refractivity contribution is -0.156. The average molecular weight is 226 g/mol. The van der Waals surface area contributed by atoms with Gasteiger partial charge in [0.2, 0.25) is 0 Å². The predicted octanol–water partition coefficient (Wildman–Crippen LogP) is 0.0748. The fraction of sp³-hybridized carbons (Fsp3) is 0.700. The molecule has 0 fully saturated rings. The number of carbonyl (C=O) groups is 3. The van der Waals surface area contributed by atoms with E-state index in [-0.39, 0.29) is 12.2 Å². The van der Waals surface area contributed by atoms with E-state index in [1.54, 1.807) is 20.8 Å². The molecule has 1 N–H and O–H groups in total. The number of hydrogen-bond acceptors (Lipinski definition) is 5. The Kier molecular flexibility index (Phi) is 5.96. The third kappa shape index (κ3) is 7.17. The quantitative estimate of drug-likeness (QED) is 0.394. The molecule has 0 unspecified atom stereocenters. The molecule has 0 aromatic carbocycles. The van der Waals surface area contributed by atoms with Crippen LogP contribution in [0, 0.1) is 0 Å². The van der Waals surface area contributed by atoms with E-state index in [1.807, 2.05) is 0 Å². The van der Waals surface area contributed by atoms with Crippen LogP contribution in [-0.4, -0.2) is 37.0 Å². The van der Waals surface area contributed by atoms with E-state index in [2.05, 4.69) is 5.23 Å². The minimum Gasteiger partial charge on any atom is -0.460 e. The molecular formula is C10H17BNO4. The van der Waals surface area contributed by atoms with Crippen LogP contribution in [0.2, 0.25) is 0 Å². The summed E-state index contributed by atoms with van der Waals surface area (Å²) in [5, 5.41) is 2.54. The second kappa shape index (κ2) is 6.42. The summed E-state index contributed by atoms with van der Waals surface area (Å²) in [5.74, 6) is -0.691. The topological polar surface area (TPSA) is 72.5 Å². The summed E-state index contributed by atoms with van der Waals surface area (Å²) in [5.41, 5.74) is -0.577. The smallest absolute Gasteiger partial charge is 0.308 e. The molecule has 0 saturated carbocycles. The number of rotatable bonds is 6. The lowest BCUT2D eigenvalue weighted by atomic mass is 9.94. The Morgan fingerprint density at radius 1 is 1.44 bits per heavy atom. The summed E-state index contributed by atoms with van der Waals surface area (Å²) in [6.45, 7) is 6.59. The molecule has 1 radical (unpaired) electrons. The summed E-state index contributed by atoms with van der Waals surface area (Å²) in [6, 6.07) is -0.708. The summed E-state index contributed by atoms with van der Waals surface area (Å²) in [7, 11) is 1.09. The molecule has 0 aromatic heterocycles. The highest BCUT2D eigenvalue weighted by Crippen LogP contribution is 2.09. The van der Waals surface area contributed by atoms with Gasteiger partial charge in [0, 0.05) is 0 Å². The van der Waals surface area contributed by atoms with Gasteiger partial charge in [-0.2, -0.15) is 0 Å². The monoisotopic (exact) mass is 226 g/mol. The van der Waals surface area contributed by atoms with Crippen LogP contribution in [0.4, 0.5) is 0 Å². The van der Waals surface area contributed by atoms with E-state index in [0.717, 1.165) is 7.41 Å². The number of ether oxygens (including phenoxy) is 1. The van der Waals surface area contributed by atoms with E-state index in [4.69, 9.17) is 4.74 Å². The molecule has 89 valence electrons. The molecule has 5 nitrogen and oxygen atoms in total. The molecule has 0 amide bonds. The zero-order valence-electron chi connectivity index (χ0n) is 10.1. The van der Waals surface area contributed by atoms with Crippen LogP contribution in [0.15, 0.2) is 0 Å². The van der Waals surface area contributed by atoms with Gasteiger partial charge in [-0.3, -0.25) is 9.59 Å². The van der Waals surface area contributed by atoms with Gasteiger partial charge in [0.15, 0.2) is 0 Å². The third-order valence-electron chi connectivity index (χ3n) is 1.65. The molecule has 1 atom stereocenters. The van der Waals surface area contributed by atoms with E-state index < -0.39 is 17.6 Å². The van der Waals surface area contributed by atoms with Crippen molar-refractivity contribution in [2.24, 2.45) is 0 Å². The Balaban J connectivity index is 4.23. The van der Waals surface area contributed by atoms with Crippen molar-refractivity contribution in [1.82, 2.24) is 5.23 Å². The number of Topliss-reactive ketones (excluding diaryl/α,β-unsaturated/α-hetero) is 1. The maximum atomic E-state index is 11.4. The molecule has 0 spiro atoms. The molecule has 16 heavy (non-hydrogen) atoms. The fourth-order valence-corrected chi connectivity index (χ4v) is 1.03. The fourth-order valence-electron chi connectivity index (χ4n) is 1.03. The van der Waals surface area contributed by atoms with Crippen molar-refractivity contribution < 1.29 is 19.1 Å². The molecular weight excluding hydrogens is 209 g/mol. The van der Waals surface area contributed by atoms with Crippen LogP contribution >= 0.6 is 0 Å². The lowest BCUT2D eigenvalue weighted by Gasteiger charge is -2.21. The normalized spacial score (nSPS) is 12.8. The Morgan fingerprint density at radius 2 is 2.00 bits per heavy atom. The minimum atomic E-state index is -0.708. The predicted molar refractivity (Wildman–Crippen MR) is 60.6 cm³/mol. The number of nitrogens with one attached hydrogen (secondary N) is 1. The molecule has 0 aromatic rings. The molecule has 0 aliphatic rings. The van der Waals surface area contributed by atoms with Crippen LogP contribution in [0.1, 0.15) is 34.1 Å². The van der Waals surface area contributed by atoms with Crippen molar-refractivity contribution >= 4 is 25.4 Å². The van der Waals surface area contributed by atoms with Crippen molar-refractivity contribution in [1.29, 1.82) is 0 Å². The molecule has 0 aliphatic carbocycles. The van der Waals surface area contributed by atoms with Gasteiger partial charge in [-0.05, 0) is 27.7 Å². The van der Waals surface area contributed by atoms with E-state index in [1.165, 1.54) is 6.92 Å². The molecule has 6 heteroatoms. The Labute approximate surface area is 96.2 Å². The van der Waals surface area contributed by atoms with E-state index in [0.29, 0.717) is 6.19 Å². The molecule has 0 rings (SSSR count). The van der Waals surface area contributed by atoms with Crippen LogP contribution in [0.5, 0.6) is 0 Å². The summed E-state index contributed by atoms with van der Waals surface area (Å²) >= 11 is 0. The lowest BCUT2D eigenvalue weighted by Crippen LogP contribution is -2.41. The van der Waals surface area contributed by atoms with E-state index in [9.17, 15) is 14.4 Å². The first-order valence-electron chi connectivity index (χ1n) is 5.01. The van der Waals surface area contributed by atoms with E-state index >= 15 is 0 Å². The zero-order chi connectivity index (χ0) is 12.8. The maximum absolute atomic E-state index is 11.4. The van der Waals surface area contributed by atoms with Gasteiger partial charge in [-0.25, -0.2) is 0 Å². The number of esters is 1. The highest BCUT2D eigenvalue weighted by Gasteiger charge is 2.22. The maximum Gasteiger partial charge on any atom is 0.308 e. The summed E-state index contributed by atoms with van der Waals surface area (Å²) in [6.07, 6.45) is 0.433. The molecule has 0 aliphatic heterocycles. The van der Waals surface area contributed by atoms with Crippen molar-refractivity contribution in [2.75, 3.05) is 0 Å². The summed E-state index contributed by atoms with van der Waals surface area (Å²) in [4.78, 5) is 32.7. The molecule has 0 saturated heterocycles. The van der Waals surface area contributed by atoms with Crippen molar-refractivity contribution in [3.05, 3.63) is 0 Å². The summed E-state index contributed by atoms with van der Waals surface area (Å²) < 4.78 is 5.06. The highest BCUT2D eigenvalue weighted by atomic mass is 16.6. The van der Waals surface area contributed by atoms with Gasteiger partial charge in [-0.15, -0.1) is 0 Å². The number of carbonyl (C=O) groups excluding carboxylic acids is 3. The Morgan fingerprint density at radius 3 is 2.38 bits per heavy atom. The highest BCUT2D eigenvalue weighted by molar-refractivity contribution is 6.64. The first-order chi connectivity index (χ1) is 7.26. The average Bonchev–Trinajstić information content (AvgIpc) is 2.08. The minimum absolute atomic E-state index is 0.0864. The second-order valence-corrected chi connectivity index (χ2v) is 4.42. The Hall–Kier alpha value is -1.17. The van der Waals surface area contributed by atoms with Gasteiger partial charge in [-0.1, -0.05) is 0 Å². The van der Waals surface area contributed by atoms with Crippen molar-refractivity contribution in [3.63, 3.8) is 0 Å².